The minimum absolute atomic E-state index is 0.121. The quantitative estimate of drug-likeness (QED) is 0.201. The first-order chi connectivity index (χ1) is 16.5. The smallest absolute Gasteiger partial charge is 0.124 e. The third kappa shape index (κ3) is 5.03. The molecule has 0 bridgehead atoms. The van der Waals surface area contributed by atoms with Crippen molar-refractivity contribution >= 4 is 56.4 Å². The number of halogens is 1. The highest BCUT2D eigenvalue weighted by Crippen LogP contribution is 2.32. The number of benzene rings is 4. The van der Waals surface area contributed by atoms with Gasteiger partial charge in [-0.2, -0.15) is 10.2 Å². The van der Waals surface area contributed by atoms with Crippen molar-refractivity contribution in [2.24, 2.45) is 15.2 Å². The average molecular weight is 483 g/mol. The summed E-state index contributed by atoms with van der Waals surface area (Å²) in [6, 6.07) is 26.3. The number of hydrogen-bond acceptors (Lipinski definition) is 6. The van der Waals surface area contributed by atoms with Gasteiger partial charge in [0.15, 0.2) is 0 Å². The van der Waals surface area contributed by atoms with Crippen LogP contribution in [0.3, 0.4) is 0 Å². The number of phenolic OH excluding ortho intramolecular Hbond substituents is 1. The van der Waals surface area contributed by atoms with E-state index in [1.54, 1.807) is 60.0 Å². The zero-order valence-electron chi connectivity index (χ0n) is 18.2. The summed E-state index contributed by atoms with van der Waals surface area (Å²) in [6.07, 6.45) is 1.62. The Morgan fingerprint density at radius 3 is 2.32 bits per heavy atom. The molecule has 0 aliphatic heterocycles. The summed E-state index contributed by atoms with van der Waals surface area (Å²) in [5, 5.41) is 20.3. The molecule has 0 atom stereocenters. The number of aromatic hydroxyl groups is 1. The van der Waals surface area contributed by atoms with Gasteiger partial charge in [-0.3, -0.25) is 4.99 Å². The van der Waals surface area contributed by atoms with Crippen LogP contribution in [0.25, 0.3) is 20.8 Å². The number of aryl methyl sites for hydroxylation is 1. The highest BCUT2D eigenvalue weighted by atomic mass is 35.5. The Bertz CT molecular complexity index is 1520. The lowest BCUT2D eigenvalue weighted by Gasteiger charge is -2.01. The van der Waals surface area contributed by atoms with Crippen molar-refractivity contribution in [2.75, 3.05) is 0 Å². The lowest BCUT2D eigenvalue weighted by molar-refractivity contribution is 0.474. The lowest BCUT2D eigenvalue weighted by Crippen LogP contribution is -1.82. The Morgan fingerprint density at radius 1 is 0.824 bits per heavy atom. The summed E-state index contributed by atoms with van der Waals surface area (Å²) in [7, 11) is 0. The molecule has 0 saturated heterocycles. The molecule has 4 aromatic carbocycles. The molecular formula is C27H19ClN4OS. The number of hydrogen-bond donors (Lipinski definition) is 1. The summed E-state index contributed by atoms with van der Waals surface area (Å²) < 4.78 is 1.18. The molecule has 1 heterocycles. The Hall–Kier alpha value is -3.87. The van der Waals surface area contributed by atoms with Crippen molar-refractivity contribution < 1.29 is 5.11 Å². The molecule has 1 N–H and O–H groups in total. The van der Waals surface area contributed by atoms with E-state index in [0.717, 1.165) is 21.8 Å². The van der Waals surface area contributed by atoms with Crippen LogP contribution < -0.4 is 0 Å². The van der Waals surface area contributed by atoms with Gasteiger partial charge in [-0.05, 0) is 91.3 Å². The summed E-state index contributed by atoms with van der Waals surface area (Å²) in [5.41, 5.74) is 5.91. The largest absolute Gasteiger partial charge is 0.507 e. The third-order valence-electron chi connectivity index (χ3n) is 5.13. The van der Waals surface area contributed by atoms with Gasteiger partial charge < -0.3 is 5.11 Å². The van der Waals surface area contributed by atoms with Crippen LogP contribution in [-0.4, -0.2) is 16.3 Å². The number of fused-ring (bicyclic) bond motifs is 1. The van der Waals surface area contributed by atoms with E-state index in [1.807, 2.05) is 24.3 Å². The van der Waals surface area contributed by atoms with Gasteiger partial charge in [0.2, 0.25) is 0 Å². The van der Waals surface area contributed by atoms with Gasteiger partial charge in [-0.25, -0.2) is 4.98 Å². The topological polar surface area (TPSA) is 70.2 Å². The van der Waals surface area contributed by atoms with Crippen LogP contribution in [0.5, 0.6) is 5.75 Å². The first kappa shape index (κ1) is 21.9. The highest BCUT2D eigenvalue weighted by Gasteiger charge is 2.07. The van der Waals surface area contributed by atoms with Gasteiger partial charge in [0, 0.05) is 22.4 Å². The molecule has 1 aromatic heterocycles. The number of aromatic nitrogens is 1. The molecule has 0 unspecified atom stereocenters. The third-order valence-corrected chi connectivity index (χ3v) is 6.45. The van der Waals surface area contributed by atoms with Crippen molar-refractivity contribution in [1.82, 2.24) is 4.98 Å². The first-order valence-corrected chi connectivity index (χ1v) is 11.7. The van der Waals surface area contributed by atoms with Crippen molar-refractivity contribution in [1.29, 1.82) is 0 Å². The zero-order chi connectivity index (χ0) is 23.5. The molecule has 166 valence electrons. The minimum atomic E-state index is 0.121. The summed E-state index contributed by atoms with van der Waals surface area (Å²) in [4.78, 5) is 9.24. The number of rotatable bonds is 5. The first-order valence-electron chi connectivity index (χ1n) is 10.6. The van der Waals surface area contributed by atoms with E-state index in [4.69, 9.17) is 16.6 Å². The van der Waals surface area contributed by atoms with E-state index in [1.165, 1.54) is 10.3 Å². The van der Waals surface area contributed by atoms with Crippen LogP contribution in [0.15, 0.2) is 100 Å². The monoisotopic (exact) mass is 482 g/mol. The van der Waals surface area contributed by atoms with E-state index < -0.39 is 0 Å². The SMILES string of the molecule is Cc1ccc2nc(-c3ccc(N=Cc4cc(N=Nc5ccc(Cl)cc5)ccc4O)cc3)sc2c1. The van der Waals surface area contributed by atoms with Crippen LogP contribution in [0.2, 0.25) is 5.02 Å². The van der Waals surface area contributed by atoms with Crippen LogP contribution in [0.1, 0.15) is 11.1 Å². The van der Waals surface area contributed by atoms with Crippen molar-refractivity contribution in [3.63, 3.8) is 0 Å². The van der Waals surface area contributed by atoms with Crippen molar-refractivity contribution in [3.05, 3.63) is 101 Å². The Morgan fingerprint density at radius 2 is 1.53 bits per heavy atom. The van der Waals surface area contributed by atoms with Crippen LogP contribution in [-0.2, 0) is 0 Å². The number of nitrogens with zero attached hydrogens (tertiary/aromatic N) is 4. The maximum absolute atomic E-state index is 10.2. The molecule has 5 nitrogen and oxygen atoms in total. The van der Waals surface area contributed by atoms with E-state index >= 15 is 0 Å². The van der Waals surface area contributed by atoms with Crippen LogP contribution >= 0.6 is 22.9 Å². The highest BCUT2D eigenvalue weighted by molar-refractivity contribution is 7.21. The Kier molecular flexibility index (Phi) is 6.16. The molecule has 0 amide bonds. The van der Waals surface area contributed by atoms with E-state index in [0.29, 0.717) is 22.0 Å². The molecule has 0 saturated carbocycles. The van der Waals surface area contributed by atoms with Crippen molar-refractivity contribution in [2.45, 2.75) is 6.92 Å². The van der Waals surface area contributed by atoms with Crippen LogP contribution in [0, 0.1) is 6.92 Å². The zero-order valence-corrected chi connectivity index (χ0v) is 19.8. The Labute approximate surface area is 205 Å². The average Bonchev–Trinajstić information content (AvgIpc) is 3.27. The maximum Gasteiger partial charge on any atom is 0.124 e. The summed E-state index contributed by atoms with van der Waals surface area (Å²) in [5.74, 6) is 0.121. The molecular weight excluding hydrogens is 464 g/mol. The predicted octanol–water partition coefficient (Wildman–Crippen LogP) is 8.80. The second kappa shape index (κ2) is 9.55. The molecule has 0 aliphatic carbocycles. The van der Waals surface area contributed by atoms with Gasteiger partial charge in [0.25, 0.3) is 0 Å². The molecule has 34 heavy (non-hydrogen) atoms. The standard InChI is InChI=1S/C27H19ClN4OS/c1-17-2-12-24-26(14-17)34-27(30-24)18-3-7-21(8-4-18)29-16-19-15-23(11-13-25(19)33)32-31-22-9-5-20(28)6-10-22/h2-16,33H,1H3. The fourth-order valence-corrected chi connectivity index (χ4v) is 4.52. The van der Waals surface area contributed by atoms with Gasteiger partial charge in [-0.15, -0.1) is 11.3 Å². The van der Waals surface area contributed by atoms with E-state index in [-0.39, 0.29) is 5.75 Å². The van der Waals surface area contributed by atoms with Gasteiger partial charge >= 0.3 is 0 Å². The fraction of sp³-hybridized carbons (Fsp3) is 0.0370. The normalized spacial score (nSPS) is 11.7. The number of aliphatic imine (C=N–C) groups is 1. The molecule has 0 radical (unpaired) electrons. The lowest BCUT2D eigenvalue weighted by atomic mass is 10.2. The fourth-order valence-electron chi connectivity index (χ4n) is 3.32. The van der Waals surface area contributed by atoms with Gasteiger partial charge in [0.05, 0.1) is 27.3 Å². The predicted molar refractivity (Wildman–Crippen MR) is 141 cm³/mol. The number of azo groups is 1. The molecule has 7 heteroatoms. The molecule has 5 aromatic rings. The minimum Gasteiger partial charge on any atom is -0.507 e. The molecule has 0 aliphatic rings. The molecule has 0 spiro atoms. The maximum atomic E-state index is 10.2. The van der Waals surface area contributed by atoms with Crippen LogP contribution in [0.4, 0.5) is 17.1 Å². The second-order valence-corrected chi connectivity index (χ2v) is 9.18. The van der Waals surface area contributed by atoms with E-state index in [9.17, 15) is 5.11 Å². The van der Waals surface area contributed by atoms with Gasteiger partial charge in [0.1, 0.15) is 10.8 Å². The molecule has 5 rings (SSSR count). The summed E-state index contributed by atoms with van der Waals surface area (Å²) in [6.45, 7) is 2.08. The molecule has 0 fully saturated rings. The van der Waals surface area contributed by atoms with Gasteiger partial charge in [-0.1, -0.05) is 17.7 Å². The Balaban J connectivity index is 1.33. The van der Waals surface area contributed by atoms with Crippen molar-refractivity contribution in [3.8, 4) is 16.3 Å². The second-order valence-electron chi connectivity index (χ2n) is 7.71. The van der Waals surface area contributed by atoms with E-state index in [2.05, 4.69) is 40.3 Å². The number of thiazole rings is 1. The summed E-state index contributed by atoms with van der Waals surface area (Å²) >= 11 is 7.58. The number of phenols is 1.